The number of halogens is 1. The molecule has 0 aromatic carbocycles. The molecule has 1 aromatic heterocycles. The van der Waals surface area contributed by atoms with Gasteiger partial charge in [0.05, 0.1) is 6.54 Å². The number of amides is 1. The van der Waals surface area contributed by atoms with Crippen molar-refractivity contribution in [2.24, 2.45) is 0 Å². The normalized spacial score (nSPS) is 9.67. The second-order valence-electron chi connectivity index (χ2n) is 2.71. The number of carbonyl (C=O) groups excluding carboxylic acids is 1. The molecule has 0 aliphatic carbocycles. The molecule has 0 aliphatic heterocycles. The molecule has 0 spiro atoms. The largest absolute Gasteiger partial charge is 0.308 e. The molecule has 1 heterocycles. The van der Waals surface area contributed by atoms with Crippen molar-refractivity contribution in [3.05, 3.63) is 29.9 Å². The lowest BCUT2D eigenvalue weighted by Gasteiger charge is -2.03. The smallest absolute Gasteiger partial charge is 0.239 e. The predicted octanol–water partition coefficient (Wildman–Crippen LogP) is 0.844. The van der Waals surface area contributed by atoms with Crippen LogP contribution in [-0.4, -0.2) is 29.2 Å². The van der Waals surface area contributed by atoms with Crippen molar-refractivity contribution in [1.29, 1.82) is 0 Å². The minimum atomic E-state index is -0.187. The fourth-order valence-electron chi connectivity index (χ4n) is 0.857. The Morgan fingerprint density at radius 2 is 2.33 bits per heavy atom. The van der Waals surface area contributed by atoms with E-state index in [1.807, 2.05) is 0 Å². The summed E-state index contributed by atoms with van der Waals surface area (Å²) in [6.07, 6.45) is 1.68. The number of aromatic nitrogens is 2. The fraction of sp³-hybridized carbons (Fsp3) is 0.222. The Hall–Kier alpha value is -1.46. The van der Waals surface area contributed by atoms with Gasteiger partial charge < -0.3 is 10.6 Å². The number of nitrogens with one attached hydrogen (secondary N) is 2. The Morgan fingerprint density at radius 1 is 1.53 bits per heavy atom. The van der Waals surface area contributed by atoms with Crippen LogP contribution < -0.4 is 10.6 Å². The van der Waals surface area contributed by atoms with E-state index in [0.717, 1.165) is 0 Å². The summed E-state index contributed by atoms with van der Waals surface area (Å²) in [6.45, 7) is 4.31. The first-order chi connectivity index (χ1) is 7.22. The van der Waals surface area contributed by atoms with Gasteiger partial charge >= 0.3 is 0 Å². The zero-order chi connectivity index (χ0) is 11.1. The quantitative estimate of drug-likeness (QED) is 0.577. The van der Waals surface area contributed by atoms with Crippen LogP contribution in [-0.2, 0) is 4.79 Å². The maximum absolute atomic E-state index is 11.3. The zero-order valence-electron chi connectivity index (χ0n) is 8.03. The third-order valence-corrected chi connectivity index (χ3v) is 1.68. The van der Waals surface area contributed by atoms with E-state index in [1.165, 1.54) is 0 Å². The molecule has 0 saturated carbocycles. The minimum Gasteiger partial charge on any atom is -0.308 e. The Bertz CT molecular complexity index is 338. The van der Waals surface area contributed by atoms with E-state index >= 15 is 0 Å². The third kappa shape index (κ3) is 4.53. The first-order valence-corrected chi connectivity index (χ1v) is 4.71. The van der Waals surface area contributed by atoms with Crippen LogP contribution in [0.2, 0.25) is 5.15 Å². The number of carbonyl (C=O) groups is 1. The summed E-state index contributed by atoms with van der Waals surface area (Å²) >= 11 is 5.54. The van der Waals surface area contributed by atoms with Gasteiger partial charge in [-0.05, 0) is 12.1 Å². The average molecular weight is 227 g/mol. The van der Waals surface area contributed by atoms with Gasteiger partial charge in [0, 0.05) is 6.54 Å². The van der Waals surface area contributed by atoms with Crippen LogP contribution in [0.4, 0.5) is 5.82 Å². The van der Waals surface area contributed by atoms with Gasteiger partial charge in [-0.25, -0.2) is 0 Å². The van der Waals surface area contributed by atoms with Crippen molar-refractivity contribution in [2.45, 2.75) is 0 Å². The molecule has 80 valence electrons. The molecule has 1 rings (SSSR count). The maximum Gasteiger partial charge on any atom is 0.239 e. The Labute approximate surface area is 92.5 Å². The number of hydrogen-bond acceptors (Lipinski definition) is 4. The molecule has 6 heteroatoms. The van der Waals surface area contributed by atoms with Crippen LogP contribution in [0.5, 0.6) is 0 Å². The van der Waals surface area contributed by atoms with Crippen molar-refractivity contribution in [3.8, 4) is 0 Å². The van der Waals surface area contributed by atoms with Crippen molar-refractivity contribution < 1.29 is 4.79 Å². The molecule has 0 saturated heterocycles. The molecule has 5 nitrogen and oxygen atoms in total. The van der Waals surface area contributed by atoms with E-state index in [-0.39, 0.29) is 17.6 Å². The van der Waals surface area contributed by atoms with Gasteiger partial charge in [-0.2, -0.15) is 0 Å². The zero-order valence-corrected chi connectivity index (χ0v) is 8.79. The molecule has 0 radical (unpaired) electrons. The molecular weight excluding hydrogens is 216 g/mol. The second-order valence-corrected chi connectivity index (χ2v) is 3.10. The van der Waals surface area contributed by atoms with Gasteiger partial charge in [-0.3, -0.25) is 4.79 Å². The Balaban J connectivity index is 2.37. The summed E-state index contributed by atoms with van der Waals surface area (Å²) in [7, 11) is 0. The summed E-state index contributed by atoms with van der Waals surface area (Å²) < 4.78 is 0. The molecule has 15 heavy (non-hydrogen) atoms. The molecule has 0 fully saturated rings. The summed E-state index contributed by atoms with van der Waals surface area (Å²) in [5.74, 6) is 0.193. The van der Waals surface area contributed by atoms with Gasteiger partial charge in [-0.1, -0.05) is 17.7 Å². The van der Waals surface area contributed by atoms with Crippen LogP contribution in [0.3, 0.4) is 0 Å². The molecule has 2 N–H and O–H groups in total. The molecule has 1 amide bonds. The minimum absolute atomic E-state index is 0.187. The number of hydrogen-bond donors (Lipinski definition) is 2. The van der Waals surface area contributed by atoms with Crippen molar-refractivity contribution >= 4 is 23.3 Å². The summed E-state index contributed by atoms with van der Waals surface area (Å²) in [6, 6.07) is 3.14. The van der Waals surface area contributed by atoms with Gasteiger partial charge in [0.25, 0.3) is 0 Å². The highest BCUT2D eigenvalue weighted by Gasteiger charge is 2.02. The fourth-order valence-corrected chi connectivity index (χ4v) is 0.958. The maximum atomic E-state index is 11.3. The number of anilines is 1. The molecule has 0 bridgehead atoms. The van der Waals surface area contributed by atoms with E-state index < -0.39 is 0 Å². The number of rotatable bonds is 5. The van der Waals surface area contributed by atoms with Gasteiger partial charge in [0.15, 0.2) is 11.0 Å². The van der Waals surface area contributed by atoms with Crippen molar-refractivity contribution in [2.75, 3.05) is 18.4 Å². The SMILES string of the molecule is C=CCNCC(=O)Nc1ccc(Cl)nn1. The van der Waals surface area contributed by atoms with Crippen molar-refractivity contribution in [3.63, 3.8) is 0 Å². The molecule has 0 aliphatic rings. The van der Waals surface area contributed by atoms with E-state index in [2.05, 4.69) is 27.4 Å². The van der Waals surface area contributed by atoms with Crippen LogP contribution in [0.15, 0.2) is 24.8 Å². The highest BCUT2D eigenvalue weighted by Crippen LogP contribution is 2.05. The van der Waals surface area contributed by atoms with Crippen LogP contribution in [0, 0.1) is 0 Å². The lowest BCUT2D eigenvalue weighted by Crippen LogP contribution is -2.28. The van der Waals surface area contributed by atoms with E-state index in [4.69, 9.17) is 11.6 Å². The standard InChI is InChI=1S/C9H11ClN4O/c1-2-5-11-6-9(15)12-8-4-3-7(10)13-14-8/h2-4,11H,1,5-6H2,(H,12,14,15). The number of nitrogens with zero attached hydrogens (tertiary/aromatic N) is 2. The Morgan fingerprint density at radius 3 is 2.93 bits per heavy atom. The summed E-state index contributed by atoms with van der Waals surface area (Å²) in [4.78, 5) is 11.3. The predicted molar refractivity (Wildman–Crippen MR) is 58.7 cm³/mol. The molecular formula is C9H11ClN4O. The second kappa shape index (κ2) is 6.10. The van der Waals surface area contributed by atoms with E-state index in [9.17, 15) is 4.79 Å². The first kappa shape index (κ1) is 11.6. The van der Waals surface area contributed by atoms with Crippen LogP contribution in [0.1, 0.15) is 0 Å². The van der Waals surface area contributed by atoms with Crippen LogP contribution >= 0.6 is 11.6 Å². The molecule has 0 atom stereocenters. The Kier molecular flexibility index (Phi) is 4.73. The topological polar surface area (TPSA) is 66.9 Å². The third-order valence-electron chi connectivity index (χ3n) is 1.47. The monoisotopic (exact) mass is 226 g/mol. The van der Waals surface area contributed by atoms with E-state index in [1.54, 1.807) is 18.2 Å². The van der Waals surface area contributed by atoms with Crippen LogP contribution in [0.25, 0.3) is 0 Å². The average Bonchev–Trinajstić information content (AvgIpc) is 2.22. The van der Waals surface area contributed by atoms with Gasteiger partial charge in [0.1, 0.15) is 0 Å². The lowest BCUT2D eigenvalue weighted by molar-refractivity contribution is -0.115. The summed E-state index contributed by atoms with van der Waals surface area (Å²) in [5.41, 5.74) is 0. The first-order valence-electron chi connectivity index (χ1n) is 4.33. The van der Waals surface area contributed by atoms with E-state index in [0.29, 0.717) is 12.4 Å². The van der Waals surface area contributed by atoms with Crippen molar-refractivity contribution in [1.82, 2.24) is 15.5 Å². The highest BCUT2D eigenvalue weighted by molar-refractivity contribution is 6.29. The van der Waals surface area contributed by atoms with Gasteiger partial charge in [0.2, 0.25) is 5.91 Å². The summed E-state index contributed by atoms with van der Waals surface area (Å²) in [5, 5.41) is 13.0. The molecule has 0 unspecified atom stereocenters. The molecule has 1 aromatic rings. The highest BCUT2D eigenvalue weighted by atomic mass is 35.5. The lowest BCUT2D eigenvalue weighted by atomic mass is 10.5. The van der Waals surface area contributed by atoms with Gasteiger partial charge in [-0.15, -0.1) is 16.8 Å².